The van der Waals surface area contributed by atoms with Gasteiger partial charge < -0.3 is 14.9 Å². The molecule has 1 atom stereocenters. The molecule has 0 aromatic rings. The molecule has 4 heteroatoms. The summed E-state index contributed by atoms with van der Waals surface area (Å²) in [6.07, 6.45) is -1.61. The molecule has 54 valence electrons. The van der Waals surface area contributed by atoms with Crippen LogP contribution in [0.15, 0.2) is 0 Å². The molecular weight excluding hydrogens is 124 g/mol. The lowest BCUT2D eigenvalue weighted by Gasteiger charge is -2.03. The molecule has 0 aliphatic rings. The highest BCUT2D eigenvalue weighted by molar-refractivity contribution is 4.54. The molecule has 2 radical (unpaired) electrons. The maximum Gasteiger partial charge on any atom is 0.245 e. The molecule has 0 amide bonds. The molecule has 0 saturated heterocycles. The minimum Gasteiger partial charge on any atom is -0.373 e. The first-order valence-corrected chi connectivity index (χ1v) is 2.60. The Bertz CT molecular complexity index is 54.0. The number of hydrogen-bond acceptors (Lipinski definition) is 3. The van der Waals surface area contributed by atoms with Crippen LogP contribution in [0.5, 0.6) is 0 Å². The molecule has 0 aromatic carbocycles. The Morgan fingerprint density at radius 3 is 2.56 bits per heavy atom. The summed E-state index contributed by atoms with van der Waals surface area (Å²) in [7, 11) is 0. The van der Waals surface area contributed by atoms with Gasteiger partial charge in [-0.15, -0.1) is 0 Å². The van der Waals surface area contributed by atoms with Gasteiger partial charge in [0, 0.05) is 0 Å². The molecule has 0 spiro atoms. The molecule has 0 fully saturated rings. The van der Waals surface area contributed by atoms with Gasteiger partial charge in [0.25, 0.3) is 0 Å². The molecule has 0 heterocycles. The smallest absolute Gasteiger partial charge is 0.245 e. The van der Waals surface area contributed by atoms with Crippen LogP contribution in [0.4, 0.5) is 0 Å². The van der Waals surface area contributed by atoms with Crippen molar-refractivity contribution in [2.75, 3.05) is 13.2 Å². The van der Waals surface area contributed by atoms with E-state index in [9.17, 15) is 5.11 Å². The number of rotatable bonds is 4. The Balaban J connectivity index is 2.91. The SMILES string of the molecule is CC([O])COC[C](O)O. The van der Waals surface area contributed by atoms with Crippen molar-refractivity contribution < 1.29 is 20.1 Å². The Kier molecular flexibility index (Phi) is 4.61. The first kappa shape index (κ1) is 8.84. The van der Waals surface area contributed by atoms with Crippen LogP contribution in [0.1, 0.15) is 6.92 Å². The normalized spacial score (nSPS) is 14.3. The van der Waals surface area contributed by atoms with Crippen LogP contribution < -0.4 is 0 Å². The van der Waals surface area contributed by atoms with Crippen molar-refractivity contribution in [3.05, 3.63) is 6.29 Å². The van der Waals surface area contributed by atoms with Crippen LogP contribution in [-0.2, 0) is 9.84 Å². The van der Waals surface area contributed by atoms with E-state index in [1.165, 1.54) is 6.92 Å². The fraction of sp³-hybridized carbons (Fsp3) is 0.800. The molecule has 0 aliphatic carbocycles. The summed E-state index contributed by atoms with van der Waals surface area (Å²) in [4.78, 5) is 0. The van der Waals surface area contributed by atoms with E-state index in [4.69, 9.17) is 10.2 Å². The Labute approximate surface area is 53.7 Å². The van der Waals surface area contributed by atoms with Gasteiger partial charge in [-0.2, -0.15) is 0 Å². The third kappa shape index (κ3) is 7.84. The van der Waals surface area contributed by atoms with Crippen LogP contribution in [0.2, 0.25) is 0 Å². The second-order valence-corrected chi connectivity index (χ2v) is 1.74. The van der Waals surface area contributed by atoms with Crippen molar-refractivity contribution in [3.63, 3.8) is 0 Å². The minimum absolute atomic E-state index is 0.00458. The number of ether oxygens (including phenoxy) is 1. The van der Waals surface area contributed by atoms with Gasteiger partial charge in [-0.25, -0.2) is 5.11 Å². The Morgan fingerprint density at radius 1 is 1.67 bits per heavy atom. The third-order valence-corrected chi connectivity index (χ3v) is 0.584. The average Bonchev–Trinajstić information content (AvgIpc) is 1.63. The highest BCUT2D eigenvalue weighted by Gasteiger charge is 2.01. The van der Waals surface area contributed by atoms with Crippen molar-refractivity contribution in [2.24, 2.45) is 0 Å². The molecule has 4 nitrogen and oxygen atoms in total. The van der Waals surface area contributed by atoms with E-state index in [0.29, 0.717) is 0 Å². The summed E-state index contributed by atoms with van der Waals surface area (Å²) in [6, 6.07) is 0. The largest absolute Gasteiger partial charge is 0.373 e. The van der Waals surface area contributed by atoms with E-state index in [1.807, 2.05) is 0 Å². The van der Waals surface area contributed by atoms with Crippen molar-refractivity contribution in [3.8, 4) is 0 Å². The van der Waals surface area contributed by atoms with E-state index >= 15 is 0 Å². The van der Waals surface area contributed by atoms with Crippen LogP contribution in [0, 0.1) is 6.29 Å². The zero-order valence-corrected chi connectivity index (χ0v) is 5.20. The van der Waals surface area contributed by atoms with Gasteiger partial charge in [0.05, 0.1) is 6.61 Å². The summed E-state index contributed by atoms with van der Waals surface area (Å²) in [5, 5.41) is 26.4. The molecule has 0 bridgehead atoms. The van der Waals surface area contributed by atoms with Gasteiger partial charge in [0.2, 0.25) is 6.29 Å². The summed E-state index contributed by atoms with van der Waals surface area (Å²) >= 11 is 0. The highest BCUT2D eigenvalue weighted by atomic mass is 16.5. The number of aliphatic hydroxyl groups excluding tert-OH is 1. The van der Waals surface area contributed by atoms with Crippen molar-refractivity contribution >= 4 is 0 Å². The van der Waals surface area contributed by atoms with Gasteiger partial charge in [-0.05, 0) is 6.92 Å². The fourth-order valence-corrected chi connectivity index (χ4v) is 0.316. The fourth-order valence-electron chi connectivity index (χ4n) is 0.316. The second-order valence-electron chi connectivity index (χ2n) is 1.74. The van der Waals surface area contributed by atoms with Crippen LogP contribution in [0.3, 0.4) is 0 Å². The quantitative estimate of drug-likeness (QED) is 0.571. The van der Waals surface area contributed by atoms with E-state index in [1.54, 1.807) is 0 Å². The summed E-state index contributed by atoms with van der Waals surface area (Å²) in [5.74, 6) is 0. The summed E-state index contributed by atoms with van der Waals surface area (Å²) < 4.78 is 4.51. The number of aliphatic hydroxyl groups is 2. The van der Waals surface area contributed by atoms with Crippen LogP contribution in [-0.4, -0.2) is 29.5 Å². The van der Waals surface area contributed by atoms with Crippen molar-refractivity contribution in [1.29, 1.82) is 0 Å². The van der Waals surface area contributed by atoms with Crippen molar-refractivity contribution in [2.45, 2.75) is 13.0 Å². The lowest BCUT2D eigenvalue weighted by molar-refractivity contribution is -0.0391. The second kappa shape index (κ2) is 4.69. The molecule has 0 aromatic heterocycles. The standard InChI is InChI=1S/C5H10O4/c1-4(6)2-9-3-5(7)8/h4,7-8H,2-3H2,1H3. The highest BCUT2D eigenvalue weighted by Crippen LogP contribution is 1.89. The maximum atomic E-state index is 10.2. The first-order chi connectivity index (χ1) is 4.13. The van der Waals surface area contributed by atoms with E-state index in [-0.39, 0.29) is 13.2 Å². The lowest BCUT2D eigenvalue weighted by atomic mass is 10.4. The predicted molar refractivity (Wildman–Crippen MR) is 28.1 cm³/mol. The zero-order chi connectivity index (χ0) is 7.28. The van der Waals surface area contributed by atoms with Crippen molar-refractivity contribution in [1.82, 2.24) is 0 Å². The summed E-state index contributed by atoms with van der Waals surface area (Å²) in [5.41, 5.74) is 0. The van der Waals surface area contributed by atoms with E-state index < -0.39 is 12.4 Å². The molecular formula is C5H10O4. The van der Waals surface area contributed by atoms with Gasteiger partial charge in [-0.3, -0.25) is 0 Å². The Morgan fingerprint density at radius 2 is 2.22 bits per heavy atom. The Hall–Kier alpha value is -0.160. The molecule has 0 saturated carbocycles. The predicted octanol–water partition coefficient (Wildman–Crippen LogP) is 0.0565. The molecule has 9 heavy (non-hydrogen) atoms. The lowest BCUT2D eigenvalue weighted by Crippen LogP contribution is -2.13. The first-order valence-electron chi connectivity index (χ1n) is 2.60. The topological polar surface area (TPSA) is 69.6 Å². The molecule has 1 unspecified atom stereocenters. The molecule has 0 rings (SSSR count). The zero-order valence-electron chi connectivity index (χ0n) is 5.20. The maximum absolute atomic E-state index is 10.2. The molecule has 0 aliphatic heterocycles. The summed E-state index contributed by atoms with van der Waals surface area (Å²) in [6.45, 7) is 1.17. The van der Waals surface area contributed by atoms with E-state index in [2.05, 4.69) is 4.74 Å². The number of hydrogen-bond donors (Lipinski definition) is 2. The van der Waals surface area contributed by atoms with Gasteiger partial charge in [0.15, 0.2) is 0 Å². The van der Waals surface area contributed by atoms with Crippen LogP contribution in [0.25, 0.3) is 0 Å². The molecule has 2 N–H and O–H groups in total. The monoisotopic (exact) mass is 134 g/mol. The van der Waals surface area contributed by atoms with Gasteiger partial charge in [-0.1, -0.05) is 0 Å². The third-order valence-electron chi connectivity index (χ3n) is 0.584. The van der Waals surface area contributed by atoms with Crippen LogP contribution >= 0.6 is 0 Å². The van der Waals surface area contributed by atoms with Gasteiger partial charge >= 0.3 is 0 Å². The van der Waals surface area contributed by atoms with Gasteiger partial charge in [0.1, 0.15) is 12.7 Å². The van der Waals surface area contributed by atoms with E-state index in [0.717, 1.165) is 0 Å². The average molecular weight is 134 g/mol. The minimum atomic E-state index is -0.815.